The predicted octanol–water partition coefficient (Wildman–Crippen LogP) is 1.07. The quantitative estimate of drug-likeness (QED) is 0.682. The molecule has 1 N–H and O–H groups in total. The molecule has 0 aromatic carbocycles. The van der Waals surface area contributed by atoms with Crippen molar-refractivity contribution in [2.24, 2.45) is 0 Å². The number of hydrogen-bond acceptors (Lipinski definition) is 4. The summed E-state index contributed by atoms with van der Waals surface area (Å²) in [7, 11) is 2.08. The first-order valence-corrected chi connectivity index (χ1v) is 5.37. The van der Waals surface area contributed by atoms with Crippen molar-refractivity contribution in [1.29, 1.82) is 0 Å². The lowest BCUT2D eigenvalue weighted by molar-refractivity contribution is 0.270. The van der Waals surface area contributed by atoms with Gasteiger partial charge in [-0.3, -0.25) is 9.97 Å². The third-order valence-electron chi connectivity index (χ3n) is 2.25. The van der Waals surface area contributed by atoms with Gasteiger partial charge < -0.3 is 10.0 Å². The van der Waals surface area contributed by atoms with E-state index >= 15 is 0 Å². The molecule has 0 saturated heterocycles. The Morgan fingerprint density at radius 1 is 1.27 bits per heavy atom. The van der Waals surface area contributed by atoms with Crippen molar-refractivity contribution in [3.63, 3.8) is 0 Å². The van der Waals surface area contributed by atoms with Gasteiger partial charge in [-0.05, 0) is 32.9 Å². The van der Waals surface area contributed by atoms with Crippen LogP contribution in [-0.2, 0) is 6.54 Å². The minimum Gasteiger partial charge on any atom is -0.396 e. The summed E-state index contributed by atoms with van der Waals surface area (Å²) in [5.74, 6) is 0. The van der Waals surface area contributed by atoms with Crippen molar-refractivity contribution >= 4 is 0 Å². The molecule has 0 radical (unpaired) electrons. The lowest BCUT2D eigenvalue weighted by Gasteiger charge is -2.15. The fourth-order valence-corrected chi connectivity index (χ4v) is 1.44. The Bertz CT molecular complexity index is 253. The maximum absolute atomic E-state index is 8.63. The summed E-state index contributed by atoms with van der Waals surface area (Å²) in [5.41, 5.74) is 1.00. The van der Waals surface area contributed by atoms with Gasteiger partial charge in [0.05, 0.1) is 5.69 Å². The summed E-state index contributed by atoms with van der Waals surface area (Å²) < 4.78 is 0. The van der Waals surface area contributed by atoms with Crippen LogP contribution in [0.3, 0.4) is 0 Å². The van der Waals surface area contributed by atoms with Gasteiger partial charge in [-0.1, -0.05) is 0 Å². The summed E-state index contributed by atoms with van der Waals surface area (Å²) in [6.07, 6.45) is 8.31. The minimum absolute atomic E-state index is 0.299. The molecule has 0 atom stereocenters. The van der Waals surface area contributed by atoms with Gasteiger partial charge in [-0.25, -0.2) is 0 Å². The van der Waals surface area contributed by atoms with E-state index in [9.17, 15) is 0 Å². The Labute approximate surface area is 91.0 Å². The number of nitrogens with zero attached hydrogens (tertiary/aromatic N) is 3. The van der Waals surface area contributed by atoms with E-state index in [1.165, 1.54) is 0 Å². The fourth-order valence-electron chi connectivity index (χ4n) is 1.44. The van der Waals surface area contributed by atoms with Crippen LogP contribution >= 0.6 is 0 Å². The molecule has 0 unspecified atom stereocenters. The van der Waals surface area contributed by atoms with Crippen molar-refractivity contribution in [2.45, 2.75) is 25.8 Å². The Morgan fingerprint density at radius 3 is 2.80 bits per heavy atom. The SMILES string of the molecule is CN(CCCCCO)Cc1cnccn1. The second-order valence-corrected chi connectivity index (χ2v) is 3.72. The fraction of sp³-hybridized carbons (Fsp3) is 0.636. The van der Waals surface area contributed by atoms with Crippen LogP contribution in [-0.4, -0.2) is 40.2 Å². The van der Waals surface area contributed by atoms with Crippen LogP contribution in [0.5, 0.6) is 0 Å². The standard InChI is InChI=1S/C11H19N3O/c1-14(7-3-2-4-8-15)10-11-9-12-5-6-13-11/h5-6,9,15H,2-4,7-8,10H2,1H3. The van der Waals surface area contributed by atoms with Crippen molar-refractivity contribution < 1.29 is 5.11 Å². The van der Waals surface area contributed by atoms with Crippen LogP contribution in [0.25, 0.3) is 0 Å². The second-order valence-electron chi connectivity index (χ2n) is 3.72. The number of aromatic nitrogens is 2. The molecule has 1 aromatic heterocycles. The highest BCUT2D eigenvalue weighted by atomic mass is 16.2. The zero-order valence-corrected chi connectivity index (χ0v) is 9.26. The third kappa shape index (κ3) is 5.44. The summed E-state index contributed by atoms with van der Waals surface area (Å²) in [6, 6.07) is 0. The molecule has 84 valence electrons. The molecule has 0 aliphatic carbocycles. The van der Waals surface area contributed by atoms with E-state index in [0.717, 1.165) is 38.0 Å². The number of hydrogen-bond donors (Lipinski definition) is 1. The Hall–Kier alpha value is -1.00. The third-order valence-corrected chi connectivity index (χ3v) is 2.25. The van der Waals surface area contributed by atoms with Crippen LogP contribution in [0, 0.1) is 0 Å². The molecule has 1 heterocycles. The molecule has 0 saturated carbocycles. The van der Waals surface area contributed by atoms with Gasteiger partial charge in [-0.15, -0.1) is 0 Å². The monoisotopic (exact) mass is 209 g/mol. The highest BCUT2D eigenvalue weighted by Gasteiger charge is 2.00. The van der Waals surface area contributed by atoms with Crippen LogP contribution in [0.15, 0.2) is 18.6 Å². The van der Waals surface area contributed by atoms with Gasteiger partial charge in [-0.2, -0.15) is 0 Å². The average Bonchev–Trinajstić information content (AvgIpc) is 2.26. The van der Waals surface area contributed by atoms with Crippen LogP contribution < -0.4 is 0 Å². The molecule has 0 spiro atoms. The molecule has 4 nitrogen and oxygen atoms in total. The summed E-state index contributed by atoms with van der Waals surface area (Å²) in [5, 5.41) is 8.63. The van der Waals surface area contributed by atoms with Crippen LogP contribution in [0.4, 0.5) is 0 Å². The van der Waals surface area contributed by atoms with E-state index in [1.54, 1.807) is 18.6 Å². The summed E-state index contributed by atoms with van der Waals surface area (Å²) in [6.45, 7) is 2.18. The van der Waals surface area contributed by atoms with Gasteiger partial charge in [0.25, 0.3) is 0 Å². The molecule has 0 bridgehead atoms. The lowest BCUT2D eigenvalue weighted by atomic mass is 10.2. The first kappa shape index (κ1) is 12.1. The van der Waals surface area contributed by atoms with Gasteiger partial charge in [0.1, 0.15) is 0 Å². The molecule has 15 heavy (non-hydrogen) atoms. The normalized spacial score (nSPS) is 10.9. The first-order valence-electron chi connectivity index (χ1n) is 5.37. The first-order chi connectivity index (χ1) is 7.33. The molecule has 0 aliphatic heterocycles. The van der Waals surface area contributed by atoms with Crippen LogP contribution in [0.2, 0.25) is 0 Å². The van der Waals surface area contributed by atoms with Crippen molar-refractivity contribution in [3.8, 4) is 0 Å². The number of aliphatic hydroxyl groups excluding tert-OH is 1. The average molecular weight is 209 g/mol. The highest BCUT2D eigenvalue weighted by molar-refractivity contribution is 4.93. The van der Waals surface area contributed by atoms with Crippen molar-refractivity contribution in [2.75, 3.05) is 20.2 Å². The second kappa shape index (κ2) is 7.31. The zero-order valence-electron chi connectivity index (χ0n) is 9.26. The smallest absolute Gasteiger partial charge is 0.0726 e. The molecule has 0 aliphatic rings. The van der Waals surface area contributed by atoms with Gasteiger partial charge in [0, 0.05) is 31.7 Å². The molecular weight excluding hydrogens is 190 g/mol. The van der Waals surface area contributed by atoms with E-state index in [1.807, 2.05) is 0 Å². The van der Waals surface area contributed by atoms with Gasteiger partial charge in [0.2, 0.25) is 0 Å². The van der Waals surface area contributed by atoms with Crippen molar-refractivity contribution in [3.05, 3.63) is 24.3 Å². The van der Waals surface area contributed by atoms with Crippen molar-refractivity contribution in [1.82, 2.24) is 14.9 Å². The number of unbranched alkanes of at least 4 members (excludes halogenated alkanes) is 2. The van der Waals surface area contributed by atoms with Gasteiger partial charge in [0.15, 0.2) is 0 Å². The number of aliphatic hydroxyl groups is 1. The molecule has 1 rings (SSSR count). The molecular formula is C11H19N3O. The van der Waals surface area contributed by atoms with E-state index in [2.05, 4.69) is 21.9 Å². The largest absolute Gasteiger partial charge is 0.396 e. The molecule has 4 heteroatoms. The molecule has 0 fully saturated rings. The summed E-state index contributed by atoms with van der Waals surface area (Å²) in [4.78, 5) is 10.5. The van der Waals surface area contributed by atoms with E-state index in [-0.39, 0.29) is 0 Å². The summed E-state index contributed by atoms with van der Waals surface area (Å²) >= 11 is 0. The Balaban J connectivity index is 2.16. The highest BCUT2D eigenvalue weighted by Crippen LogP contribution is 2.00. The zero-order chi connectivity index (χ0) is 10.9. The molecule has 0 amide bonds. The maximum atomic E-state index is 8.63. The predicted molar refractivity (Wildman–Crippen MR) is 59.3 cm³/mol. The van der Waals surface area contributed by atoms with Crippen LogP contribution in [0.1, 0.15) is 25.0 Å². The van der Waals surface area contributed by atoms with E-state index in [4.69, 9.17) is 5.11 Å². The molecule has 1 aromatic rings. The minimum atomic E-state index is 0.299. The van der Waals surface area contributed by atoms with E-state index < -0.39 is 0 Å². The van der Waals surface area contributed by atoms with Gasteiger partial charge >= 0.3 is 0 Å². The number of rotatable bonds is 7. The lowest BCUT2D eigenvalue weighted by Crippen LogP contribution is -2.19. The topological polar surface area (TPSA) is 49.2 Å². The Morgan fingerprint density at radius 2 is 2.13 bits per heavy atom. The Kier molecular flexibility index (Phi) is 5.88. The maximum Gasteiger partial charge on any atom is 0.0726 e. The van der Waals surface area contributed by atoms with E-state index in [0.29, 0.717) is 6.61 Å².